The fraction of sp³-hybridized carbons (Fsp3) is 0.123. The minimum Gasteiger partial charge on any atom is -0.509 e. The van der Waals surface area contributed by atoms with Crippen LogP contribution in [0.5, 0.6) is 11.5 Å². The summed E-state index contributed by atoms with van der Waals surface area (Å²) in [5, 5.41) is 4.28. The standard InChI is InChI=1S/C57H45N4O2.Pt/c1-36-30-37(2)54(38(3)31-36)60-35-59(55(39-16-9-7-10-17-39)56(60)40-18-11-8-12-19-40)42-20-15-21-43(33-42)62-44-24-25-45-48(34-44)61(51-32-41(28-29-58-51)57(4,5)6)47-26-27-50-53(52(45)47)46-22-13-14-23-49(46)63-50;/h7-32,35H,1-6H3;/q-3;. The van der Waals surface area contributed by atoms with E-state index in [0.29, 0.717) is 11.5 Å². The molecule has 0 saturated carbocycles. The van der Waals surface area contributed by atoms with Gasteiger partial charge in [0.1, 0.15) is 17.0 Å². The van der Waals surface area contributed by atoms with Crippen molar-refractivity contribution in [3.63, 3.8) is 0 Å². The number of hydrogen-bond donors (Lipinski definition) is 0. The molecular formula is C57H45N4O2Pt-3. The third kappa shape index (κ3) is 6.98. The van der Waals surface area contributed by atoms with Crippen LogP contribution in [0.4, 0.5) is 11.4 Å². The van der Waals surface area contributed by atoms with Gasteiger partial charge in [0.05, 0.1) is 0 Å². The van der Waals surface area contributed by atoms with Gasteiger partial charge in [0.2, 0.25) is 0 Å². The molecule has 0 unspecified atom stereocenters. The van der Waals surface area contributed by atoms with Crippen molar-refractivity contribution in [2.75, 3.05) is 9.80 Å². The van der Waals surface area contributed by atoms with Crippen LogP contribution in [0.15, 0.2) is 162 Å². The third-order valence-electron chi connectivity index (χ3n) is 12.1. The van der Waals surface area contributed by atoms with Crippen LogP contribution in [-0.2, 0) is 26.5 Å². The molecule has 1 aliphatic rings. The van der Waals surface area contributed by atoms with Gasteiger partial charge in [0.25, 0.3) is 0 Å². The van der Waals surface area contributed by atoms with Crippen molar-refractivity contribution in [1.29, 1.82) is 0 Å². The SMILES string of the molecule is Cc1cc(C)c(N2[CH-]N(c3[c-]c(Oc4[c-]c5c(cc4)c4c6c(ccc4n5-c4cc(C(C)(C)C)ccn4)oc4ccccc46)ccc3)C(c3ccccc3)=C2c2ccccc2)c(C)c1.[Pt]. The van der Waals surface area contributed by atoms with Gasteiger partial charge in [-0.25, -0.2) is 4.98 Å². The molecule has 1 aliphatic heterocycles. The van der Waals surface area contributed by atoms with Crippen LogP contribution in [-0.4, -0.2) is 9.55 Å². The first-order chi connectivity index (χ1) is 30.6. The maximum absolute atomic E-state index is 6.78. The number of aryl methyl sites for hydroxylation is 3. The van der Waals surface area contributed by atoms with Gasteiger partial charge in [0, 0.05) is 72.1 Å². The average Bonchev–Trinajstić information content (AvgIpc) is 3.96. The van der Waals surface area contributed by atoms with E-state index in [2.05, 4.69) is 196 Å². The molecule has 7 heteroatoms. The van der Waals surface area contributed by atoms with Crippen LogP contribution in [0.1, 0.15) is 54.2 Å². The molecule has 0 bridgehead atoms. The molecule has 0 radical (unpaired) electrons. The van der Waals surface area contributed by atoms with E-state index in [-0.39, 0.29) is 26.5 Å². The first-order valence-electron chi connectivity index (χ1n) is 21.4. The van der Waals surface area contributed by atoms with Crippen LogP contribution in [0.25, 0.3) is 61.0 Å². The van der Waals surface area contributed by atoms with Crippen molar-refractivity contribution in [1.82, 2.24) is 9.55 Å². The van der Waals surface area contributed by atoms with Gasteiger partial charge in [-0.2, -0.15) is 12.1 Å². The van der Waals surface area contributed by atoms with Gasteiger partial charge in [-0.3, -0.25) is 0 Å². The Morgan fingerprint density at radius 2 is 1.28 bits per heavy atom. The molecule has 0 atom stereocenters. The van der Waals surface area contributed by atoms with Crippen LogP contribution in [0.2, 0.25) is 0 Å². The molecule has 10 aromatic rings. The molecule has 0 fully saturated rings. The molecular weight excluding hydrogens is 968 g/mol. The second-order valence-electron chi connectivity index (χ2n) is 17.5. The Balaban J connectivity index is 0.00000484. The fourth-order valence-corrected chi connectivity index (χ4v) is 9.39. The van der Waals surface area contributed by atoms with Gasteiger partial charge in [0.15, 0.2) is 0 Å². The summed E-state index contributed by atoms with van der Waals surface area (Å²) in [4.78, 5) is 9.53. The molecule has 11 rings (SSSR count). The molecule has 0 N–H and O–H groups in total. The van der Waals surface area contributed by atoms with E-state index in [1.807, 2.05) is 36.5 Å². The molecule has 3 aromatic heterocycles. The van der Waals surface area contributed by atoms with Gasteiger partial charge in [-0.15, -0.1) is 48.1 Å². The summed E-state index contributed by atoms with van der Waals surface area (Å²) in [5.41, 5.74) is 14.7. The maximum atomic E-state index is 6.78. The van der Waals surface area contributed by atoms with Crippen molar-refractivity contribution < 1.29 is 30.2 Å². The summed E-state index contributed by atoms with van der Waals surface area (Å²) < 4.78 is 15.4. The van der Waals surface area contributed by atoms with Crippen molar-refractivity contribution in [2.24, 2.45) is 0 Å². The van der Waals surface area contributed by atoms with E-state index in [1.54, 1.807) is 0 Å². The Bertz CT molecular complexity index is 3410. The molecule has 0 spiro atoms. The summed E-state index contributed by atoms with van der Waals surface area (Å²) in [6, 6.07) is 60.1. The Morgan fingerprint density at radius 1 is 0.609 bits per heavy atom. The number of ether oxygens (including phenoxy) is 1. The van der Waals surface area contributed by atoms with Crippen molar-refractivity contribution in [2.45, 2.75) is 47.0 Å². The van der Waals surface area contributed by atoms with E-state index in [0.717, 1.165) is 83.5 Å². The van der Waals surface area contributed by atoms with E-state index in [4.69, 9.17) is 14.1 Å². The summed E-state index contributed by atoms with van der Waals surface area (Å²) in [7, 11) is 0. The van der Waals surface area contributed by atoms with Crippen LogP contribution in [0.3, 0.4) is 0 Å². The third-order valence-corrected chi connectivity index (χ3v) is 12.1. The monoisotopic (exact) mass is 1010 g/mol. The van der Waals surface area contributed by atoms with Gasteiger partial charge in [-0.1, -0.05) is 123 Å². The number of nitrogens with zero attached hydrogens (tertiary/aromatic N) is 4. The minimum absolute atomic E-state index is 0. The second-order valence-corrected chi connectivity index (χ2v) is 17.5. The number of pyridine rings is 1. The molecule has 0 amide bonds. The number of furan rings is 1. The molecule has 64 heavy (non-hydrogen) atoms. The Morgan fingerprint density at radius 3 is 2.00 bits per heavy atom. The molecule has 4 heterocycles. The van der Waals surface area contributed by atoms with Crippen molar-refractivity contribution >= 4 is 66.5 Å². The first-order valence-corrected chi connectivity index (χ1v) is 21.4. The van der Waals surface area contributed by atoms with Crippen molar-refractivity contribution in [3.05, 3.63) is 210 Å². The zero-order valence-electron chi connectivity index (χ0n) is 36.5. The number of aromatic nitrogens is 2. The fourth-order valence-electron chi connectivity index (χ4n) is 9.39. The normalized spacial score (nSPS) is 13.2. The van der Waals surface area contributed by atoms with Gasteiger partial charge in [-0.05, 0) is 89.7 Å². The topological polar surface area (TPSA) is 46.7 Å². The van der Waals surface area contributed by atoms with E-state index >= 15 is 0 Å². The number of rotatable bonds is 7. The number of hydrogen-bond acceptors (Lipinski definition) is 5. The minimum atomic E-state index is -0.0671. The summed E-state index contributed by atoms with van der Waals surface area (Å²) in [6.07, 6.45) is 1.90. The molecule has 0 saturated heterocycles. The number of anilines is 2. The Labute approximate surface area is 388 Å². The van der Waals surface area contributed by atoms with Gasteiger partial charge >= 0.3 is 0 Å². The van der Waals surface area contributed by atoms with E-state index < -0.39 is 0 Å². The number of fused-ring (bicyclic) bond motifs is 7. The zero-order chi connectivity index (χ0) is 43.0. The predicted molar refractivity (Wildman–Crippen MR) is 258 cm³/mol. The molecule has 0 aliphatic carbocycles. The van der Waals surface area contributed by atoms with E-state index in [9.17, 15) is 0 Å². The molecule has 6 nitrogen and oxygen atoms in total. The Hall–Kier alpha value is -6.88. The van der Waals surface area contributed by atoms with Crippen LogP contribution < -0.4 is 14.5 Å². The average molecular weight is 1010 g/mol. The van der Waals surface area contributed by atoms with Crippen LogP contribution >= 0.6 is 0 Å². The summed E-state index contributed by atoms with van der Waals surface area (Å²) in [5.74, 6) is 1.96. The zero-order valence-corrected chi connectivity index (χ0v) is 38.8. The predicted octanol–water partition coefficient (Wildman–Crippen LogP) is 14.7. The maximum Gasteiger partial charge on any atom is 0.135 e. The van der Waals surface area contributed by atoms with Crippen LogP contribution in [0, 0.1) is 39.6 Å². The largest absolute Gasteiger partial charge is 0.509 e. The summed E-state index contributed by atoms with van der Waals surface area (Å²) in [6.45, 7) is 15.4. The number of benzene rings is 7. The van der Waals surface area contributed by atoms with Crippen molar-refractivity contribution in [3.8, 4) is 17.3 Å². The first kappa shape index (κ1) is 41.1. The Kier molecular flexibility index (Phi) is 10.3. The van der Waals surface area contributed by atoms with Gasteiger partial charge < -0.3 is 23.5 Å². The summed E-state index contributed by atoms with van der Waals surface area (Å²) >= 11 is 0. The number of para-hydroxylation sites is 1. The molecule has 318 valence electrons. The molecule has 7 aromatic carbocycles. The smallest absolute Gasteiger partial charge is 0.135 e. The van der Waals surface area contributed by atoms with E-state index in [1.165, 1.54) is 22.3 Å². The quantitative estimate of drug-likeness (QED) is 0.149. The second kappa shape index (κ2) is 16.0.